The summed E-state index contributed by atoms with van der Waals surface area (Å²) in [6.07, 6.45) is 60.2. The van der Waals surface area contributed by atoms with Crippen molar-refractivity contribution >= 4 is 5.91 Å². The number of nitrogens with one attached hydrogen (secondary N) is 1. The second kappa shape index (κ2) is 38.2. The Hall–Kier alpha value is -3.21. The molecular formula is C44H69NO3. The van der Waals surface area contributed by atoms with Gasteiger partial charge in [0.25, 0.3) is 0 Å². The van der Waals surface area contributed by atoms with E-state index in [0.29, 0.717) is 6.42 Å². The van der Waals surface area contributed by atoms with Gasteiger partial charge in [-0.15, -0.1) is 0 Å². The summed E-state index contributed by atoms with van der Waals surface area (Å²) in [6, 6.07) is -0.658. The van der Waals surface area contributed by atoms with E-state index in [1.807, 2.05) is 6.08 Å². The van der Waals surface area contributed by atoms with Gasteiger partial charge in [-0.1, -0.05) is 155 Å². The number of aliphatic hydroxyl groups is 2. The minimum absolute atomic E-state index is 0.111. The van der Waals surface area contributed by atoms with Gasteiger partial charge in [0.15, 0.2) is 0 Å². The van der Waals surface area contributed by atoms with Crippen molar-refractivity contribution in [3.8, 4) is 0 Å². The van der Waals surface area contributed by atoms with Crippen LogP contribution in [0.5, 0.6) is 0 Å². The fraction of sp³-hybridized carbons (Fsp3) is 0.523. The van der Waals surface area contributed by atoms with E-state index >= 15 is 0 Å². The molecule has 0 aliphatic rings. The molecule has 4 nitrogen and oxygen atoms in total. The SMILES string of the molecule is CC/C=C\C/C=C\C/C=C\C/C=C\C/C=C\C/C=C\C/C=C\C/C=C\CCCCCCC(=O)NC(CO)C(O)/C=C/CC/C=C/CCC. The molecule has 3 N–H and O–H groups in total. The van der Waals surface area contributed by atoms with Gasteiger partial charge in [-0.25, -0.2) is 0 Å². The van der Waals surface area contributed by atoms with Crippen LogP contribution in [0.1, 0.15) is 129 Å². The Kier molecular flexibility index (Phi) is 35.7. The summed E-state index contributed by atoms with van der Waals surface area (Å²) in [5, 5.41) is 22.6. The van der Waals surface area contributed by atoms with E-state index in [9.17, 15) is 15.0 Å². The Labute approximate surface area is 295 Å². The fourth-order valence-electron chi connectivity index (χ4n) is 4.57. The van der Waals surface area contributed by atoms with Crippen molar-refractivity contribution in [2.45, 2.75) is 142 Å². The summed E-state index contributed by atoms with van der Waals surface area (Å²) < 4.78 is 0. The smallest absolute Gasteiger partial charge is 0.220 e. The van der Waals surface area contributed by atoms with Crippen LogP contribution in [-0.4, -0.2) is 34.9 Å². The zero-order valence-corrected chi connectivity index (χ0v) is 30.4. The van der Waals surface area contributed by atoms with Gasteiger partial charge < -0.3 is 15.5 Å². The zero-order valence-electron chi connectivity index (χ0n) is 30.4. The van der Waals surface area contributed by atoms with Gasteiger partial charge in [-0.3, -0.25) is 4.79 Å². The topological polar surface area (TPSA) is 69.6 Å². The molecule has 0 saturated heterocycles. The van der Waals surface area contributed by atoms with Gasteiger partial charge in [0.1, 0.15) is 0 Å². The van der Waals surface area contributed by atoms with Crippen LogP contribution in [-0.2, 0) is 4.79 Å². The first kappa shape index (κ1) is 44.8. The number of allylic oxidation sites excluding steroid dienone is 19. The first-order chi connectivity index (χ1) is 23.7. The maximum Gasteiger partial charge on any atom is 0.220 e. The molecule has 0 bridgehead atoms. The molecule has 0 spiro atoms. The normalized spacial score (nSPS) is 14.5. The summed E-state index contributed by atoms with van der Waals surface area (Å²) in [4.78, 5) is 12.2. The number of carbonyl (C=O) groups is 1. The lowest BCUT2D eigenvalue weighted by Crippen LogP contribution is -2.45. The molecule has 0 radical (unpaired) electrons. The number of rotatable bonds is 31. The van der Waals surface area contributed by atoms with Crippen molar-refractivity contribution in [2.75, 3.05) is 6.61 Å². The van der Waals surface area contributed by atoms with E-state index in [2.05, 4.69) is 129 Å². The maximum atomic E-state index is 12.2. The second-order valence-electron chi connectivity index (χ2n) is 11.9. The zero-order chi connectivity index (χ0) is 35.0. The summed E-state index contributed by atoms with van der Waals surface area (Å²) >= 11 is 0. The lowest BCUT2D eigenvalue weighted by molar-refractivity contribution is -0.123. The molecular weight excluding hydrogens is 590 g/mol. The third-order valence-corrected chi connectivity index (χ3v) is 7.41. The molecule has 1 amide bonds. The number of hydrogen-bond donors (Lipinski definition) is 3. The van der Waals surface area contributed by atoms with Gasteiger partial charge in [-0.2, -0.15) is 0 Å². The van der Waals surface area contributed by atoms with Crippen molar-refractivity contribution in [1.82, 2.24) is 5.32 Å². The number of carbonyl (C=O) groups excluding carboxylic acids is 1. The van der Waals surface area contributed by atoms with Crippen LogP contribution in [0.25, 0.3) is 0 Å². The van der Waals surface area contributed by atoms with Gasteiger partial charge in [0, 0.05) is 6.42 Å². The third kappa shape index (κ3) is 34.1. The quantitative estimate of drug-likeness (QED) is 0.0512. The summed E-state index contributed by atoms with van der Waals surface area (Å²) in [5.74, 6) is -0.111. The van der Waals surface area contributed by atoms with E-state index in [-0.39, 0.29) is 12.5 Å². The Morgan fingerprint density at radius 1 is 0.521 bits per heavy atom. The summed E-state index contributed by atoms with van der Waals surface area (Å²) in [7, 11) is 0. The van der Waals surface area contributed by atoms with E-state index < -0.39 is 12.1 Å². The molecule has 0 aliphatic heterocycles. The largest absolute Gasteiger partial charge is 0.394 e. The molecule has 4 heteroatoms. The molecule has 2 atom stereocenters. The van der Waals surface area contributed by atoms with Crippen molar-refractivity contribution in [2.24, 2.45) is 0 Å². The Bertz CT molecular complexity index is 1020. The Morgan fingerprint density at radius 2 is 0.938 bits per heavy atom. The predicted octanol–water partition coefficient (Wildman–Crippen LogP) is 11.4. The number of hydrogen-bond acceptors (Lipinski definition) is 3. The van der Waals surface area contributed by atoms with Crippen LogP contribution in [0, 0.1) is 0 Å². The molecule has 0 saturated carbocycles. The van der Waals surface area contributed by atoms with Crippen LogP contribution in [0.15, 0.2) is 122 Å². The van der Waals surface area contributed by atoms with E-state index in [0.717, 1.165) is 109 Å². The highest BCUT2D eigenvalue weighted by molar-refractivity contribution is 5.76. The van der Waals surface area contributed by atoms with Crippen LogP contribution in [0.2, 0.25) is 0 Å². The van der Waals surface area contributed by atoms with Gasteiger partial charge in [-0.05, 0) is 89.9 Å². The number of amides is 1. The van der Waals surface area contributed by atoms with Crippen molar-refractivity contribution in [3.05, 3.63) is 122 Å². The maximum absolute atomic E-state index is 12.2. The van der Waals surface area contributed by atoms with E-state index in [4.69, 9.17) is 0 Å². The molecule has 0 rings (SSSR count). The van der Waals surface area contributed by atoms with Crippen LogP contribution in [0.3, 0.4) is 0 Å². The molecule has 0 aliphatic carbocycles. The van der Waals surface area contributed by atoms with Crippen molar-refractivity contribution in [3.63, 3.8) is 0 Å². The van der Waals surface area contributed by atoms with Gasteiger partial charge >= 0.3 is 0 Å². The molecule has 0 aromatic heterocycles. The molecule has 268 valence electrons. The van der Waals surface area contributed by atoms with Crippen molar-refractivity contribution in [1.29, 1.82) is 0 Å². The van der Waals surface area contributed by atoms with E-state index in [1.54, 1.807) is 6.08 Å². The highest BCUT2D eigenvalue weighted by Gasteiger charge is 2.17. The average Bonchev–Trinajstić information content (AvgIpc) is 3.09. The Balaban J connectivity index is 3.74. The second-order valence-corrected chi connectivity index (χ2v) is 11.9. The van der Waals surface area contributed by atoms with Crippen LogP contribution >= 0.6 is 0 Å². The third-order valence-electron chi connectivity index (χ3n) is 7.41. The highest BCUT2D eigenvalue weighted by Crippen LogP contribution is 2.08. The molecule has 0 aromatic rings. The van der Waals surface area contributed by atoms with Crippen molar-refractivity contribution < 1.29 is 15.0 Å². The predicted molar refractivity (Wildman–Crippen MR) is 211 cm³/mol. The minimum atomic E-state index is -0.878. The summed E-state index contributed by atoms with van der Waals surface area (Å²) in [5.41, 5.74) is 0. The summed E-state index contributed by atoms with van der Waals surface area (Å²) in [6.45, 7) is 4.03. The highest BCUT2D eigenvalue weighted by atomic mass is 16.3. The van der Waals surface area contributed by atoms with Gasteiger partial charge in [0.2, 0.25) is 5.91 Å². The Morgan fingerprint density at radius 3 is 1.42 bits per heavy atom. The molecule has 0 aromatic carbocycles. The molecule has 0 heterocycles. The molecule has 48 heavy (non-hydrogen) atoms. The van der Waals surface area contributed by atoms with Crippen LogP contribution in [0.4, 0.5) is 0 Å². The molecule has 0 fully saturated rings. The lowest BCUT2D eigenvalue weighted by atomic mass is 10.1. The number of unbranched alkanes of at least 4 members (excludes halogenated alkanes) is 6. The number of aliphatic hydroxyl groups excluding tert-OH is 2. The lowest BCUT2D eigenvalue weighted by Gasteiger charge is -2.19. The van der Waals surface area contributed by atoms with Crippen LogP contribution < -0.4 is 5.32 Å². The average molecular weight is 660 g/mol. The van der Waals surface area contributed by atoms with Gasteiger partial charge in [0.05, 0.1) is 18.8 Å². The van der Waals surface area contributed by atoms with E-state index in [1.165, 1.54) is 0 Å². The standard InChI is InChI=1S/C44H69NO3/c1-3-5-7-9-11-12-13-14-15-16-17-18-19-20-21-22-23-24-25-26-27-28-29-30-31-32-34-36-38-40-44(48)45-42(41-46)43(47)39-37-35-33-10-8-6-4-2/h5,7-8,10-12,14-15,17-18,20-21,23-24,26-27,29-30,37,39,42-43,46-47H,3-4,6,9,13,16,19,22,25,28,31-36,38,40-41H2,1-2H3,(H,45,48)/b7-5-,10-8+,12-11-,15-14-,18-17-,21-20-,24-23-,27-26-,30-29-,39-37+. The monoisotopic (exact) mass is 660 g/mol. The first-order valence-electron chi connectivity index (χ1n) is 18.7. The fourth-order valence-corrected chi connectivity index (χ4v) is 4.57. The molecule has 2 unspecified atom stereocenters. The minimum Gasteiger partial charge on any atom is -0.394 e. The first-order valence-corrected chi connectivity index (χ1v) is 18.7.